The van der Waals surface area contributed by atoms with Crippen molar-refractivity contribution < 1.29 is 4.74 Å². The Morgan fingerprint density at radius 1 is 0.920 bits per heavy atom. The number of hydrogen-bond donors (Lipinski definition) is 0. The molecule has 0 radical (unpaired) electrons. The molecule has 3 heteroatoms. The third-order valence-electron chi connectivity index (χ3n) is 5.35. The Morgan fingerprint density at radius 2 is 1.60 bits per heavy atom. The molecule has 0 aromatic heterocycles. The molecule has 2 aromatic rings. The van der Waals surface area contributed by atoms with Crippen LogP contribution in [0.3, 0.4) is 0 Å². The SMILES string of the molecule is CCN1CCC(N2CCc3ccccc32)CC1.COc1ccccc1. The lowest BCUT2D eigenvalue weighted by Gasteiger charge is -2.37. The molecule has 0 aliphatic carbocycles. The van der Waals surface area contributed by atoms with E-state index in [1.54, 1.807) is 12.7 Å². The van der Waals surface area contributed by atoms with Crippen LogP contribution in [0, 0.1) is 0 Å². The summed E-state index contributed by atoms with van der Waals surface area (Å²) < 4.78 is 4.91. The topological polar surface area (TPSA) is 15.7 Å². The molecule has 25 heavy (non-hydrogen) atoms. The summed E-state index contributed by atoms with van der Waals surface area (Å²) >= 11 is 0. The molecular formula is C22H30N2O. The van der Waals surface area contributed by atoms with E-state index in [9.17, 15) is 0 Å². The molecule has 0 saturated carbocycles. The smallest absolute Gasteiger partial charge is 0.118 e. The third kappa shape index (κ3) is 4.55. The molecule has 0 spiro atoms. The van der Waals surface area contributed by atoms with E-state index in [0.717, 1.165) is 11.8 Å². The fraction of sp³-hybridized carbons (Fsp3) is 0.455. The molecule has 4 rings (SSSR count). The van der Waals surface area contributed by atoms with Gasteiger partial charge in [0.1, 0.15) is 5.75 Å². The van der Waals surface area contributed by atoms with Gasteiger partial charge in [-0.1, -0.05) is 43.3 Å². The Kier molecular flexibility index (Phi) is 6.35. The molecule has 2 aliphatic heterocycles. The van der Waals surface area contributed by atoms with Crippen molar-refractivity contribution in [1.29, 1.82) is 0 Å². The Labute approximate surface area is 152 Å². The average molecular weight is 338 g/mol. The minimum Gasteiger partial charge on any atom is -0.497 e. The van der Waals surface area contributed by atoms with Gasteiger partial charge in [-0.05, 0) is 49.6 Å². The van der Waals surface area contributed by atoms with Gasteiger partial charge in [-0.15, -0.1) is 0 Å². The lowest BCUT2D eigenvalue weighted by Crippen LogP contribution is -2.44. The van der Waals surface area contributed by atoms with Crippen LogP contribution in [-0.2, 0) is 6.42 Å². The van der Waals surface area contributed by atoms with Crippen LogP contribution in [0.5, 0.6) is 5.75 Å². The van der Waals surface area contributed by atoms with Crippen molar-refractivity contribution in [3.8, 4) is 5.75 Å². The van der Waals surface area contributed by atoms with Crippen molar-refractivity contribution in [1.82, 2.24) is 4.90 Å². The second-order valence-electron chi connectivity index (χ2n) is 6.75. The monoisotopic (exact) mass is 338 g/mol. The van der Waals surface area contributed by atoms with Crippen LogP contribution in [0.2, 0.25) is 0 Å². The van der Waals surface area contributed by atoms with Crippen molar-refractivity contribution in [3.63, 3.8) is 0 Å². The van der Waals surface area contributed by atoms with Gasteiger partial charge >= 0.3 is 0 Å². The molecular weight excluding hydrogens is 308 g/mol. The first kappa shape index (κ1) is 17.8. The molecule has 0 bridgehead atoms. The van der Waals surface area contributed by atoms with Crippen LogP contribution in [0.15, 0.2) is 54.6 Å². The Hall–Kier alpha value is -2.00. The Balaban J connectivity index is 0.000000192. The van der Waals surface area contributed by atoms with Gasteiger partial charge in [0, 0.05) is 31.4 Å². The fourth-order valence-corrected chi connectivity index (χ4v) is 3.85. The number of hydrogen-bond acceptors (Lipinski definition) is 3. The quantitative estimate of drug-likeness (QED) is 0.833. The zero-order chi connectivity index (χ0) is 17.5. The molecule has 2 aromatic carbocycles. The number of nitrogens with zero attached hydrogens (tertiary/aromatic N) is 2. The van der Waals surface area contributed by atoms with Crippen molar-refractivity contribution in [2.24, 2.45) is 0 Å². The summed E-state index contributed by atoms with van der Waals surface area (Å²) in [5, 5.41) is 0. The van der Waals surface area contributed by atoms with E-state index in [1.165, 1.54) is 51.1 Å². The zero-order valence-corrected chi connectivity index (χ0v) is 15.5. The highest BCUT2D eigenvalue weighted by molar-refractivity contribution is 5.58. The number of likely N-dealkylation sites (tertiary alicyclic amines) is 1. The molecule has 0 atom stereocenters. The minimum atomic E-state index is 0.779. The number of anilines is 1. The first-order chi connectivity index (χ1) is 12.3. The Bertz CT molecular complexity index is 635. The highest BCUT2D eigenvalue weighted by Gasteiger charge is 2.28. The van der Waals surface area contributed by atoms with E-state index in [0.29, 0.717) is 0 Å². The van der Waals surface area contributed by atoms with Crippen molar-refractivity contribution >= 4 is 5.69 Å². The van der Waals surface area contributed by atoms with Gasteiger partial charge in [0.05, 0.1) is 7.11 Å². The van der Waals surface area contributed by atoms with Crippen LogP contribution >= 0.6 is 0 Å². The molecule has 2 aliphatic rings. The summed E-state index contributed by atoms with van der Waals surface area (Å²) in [7, 11) is 1.66. The summed E-state index contributed by atoms with van der Waals surface area (Å²) in [4.78, 5) is 5.22. The summed E-state index contributed by atoms with van der Waals surface area (Å²) in [5.74, 6) is 0.910. The van der Waals surface area contributed by atoms with Gasteiger partial charge in [0.2, 0.25) is 0 Å². The number of ether oxygens (including phenoxy) is 1. The molecule has 2 heterocycles. The van der Waals surface area contributed by atoms with E-state index < -0.39 is 0 Å². The van der Waals surface area contributed by atoms with E-state index >= 15 is 0 Å². The van der Waals surface area contributed by atoms with Gasteiger partial charge in [-0.2, -0.15) is 0 Å². The number of para-hydroxylation sites is 2. The Morgan fingerprint density at radius 3 is 2.24 bits per heavy atom. The maximum absolute atomic E-state index is 4.91. The van der Waals surface area contributed by atoms with Crippen molar-refractivity contribution in [3.05, 3.63) is 60.2 Å². The second kappa shape index (κ2) is 8.91. The van der Waals surface area contributed by atoms with Crippen LogP contribution in [0.25, 0.3) is 0 Å². The van der Waals surface area contributed by atoms with E-state index in [1.807, 2.05) is 30.3 Å². The highest BCUT2D eigenvalue weighted by atomic mass is 16.5. The van der Waals surface area contributed by atoms with Crippen LogP contribution in [0.1, 0.15) is 25.3 Å². The maximum Gasteiger partial charge on any atom is 0.118 e. The summed E-state index contributed by atoms with van der Waals surface area (Å²) in [6.45, 7) is 7.27. The predicted octanol–water partition coefficient (Wildman–Crippen LogP) is 4.23. The van der Waals surface area contributed by atoms with E-state index in [2.05, 4.69) is 41.0 Å². The normalized spacial score (nSPS) is 17.6. The second-order valence-corrected chi connectivity index (χ2v) is 6.75. The molecule has 0 amide bonds. The third-order valence-corrected chi connectivity index (χ3v) is 5.35. The van der Waals surface area contributed by atoms with Crippen LogP contribution in [0.4, 0.5) is 5.69 Å². The largest absolute Gasteiger partial charge is 0.497 e. The standard InChI is InChI=1S/C15H22N2.C7H8O/c1-2-16-10-8-14(9-11-16)17-12-7-13-5-3-4-6-15(13)17;1-8-7-5-3-2-4-6-7/h3-6,14H,2,7-12H2,1H3;2-6H,1H3. The van der Waals surface area contributed by atoms with E-state index in [4.69, 9.17) is 4.74 Å². The van der Waals surface area contributed by atoms with Crippen molar-refractivity contribution in [2.75, 3.05) is 38.2 Å². The number of piperidine rings is 1. The summed E-state index contributed by atoms with van der Waals surface area (Å²) in [6, 6.07) is 19.4. The minimum absolute atomic E-state index is 0.779. The van der Waals surface area contributed by atoms with Gasteiger partial charge in [0.15, 0.2) is 0 Å². The van der Waals surface area contributed by atoms with Gasteiger partial charge < -0.3 is 14.5 Å². The number of fused-ring (bicyclic) bond motifs is 1. The lowest BCUT2D eigenvalue weighted by atomic mass is 10.0. The first-order valence-corrected chi connectivity index (χ1v) is 9.47. The molecule has 1 saturated heterocycles. The maximum atomic E-state index is 4.91. The highest BCUT2D eigenvalue weighted by Crippen LogP contribution is 2.32. The van der Waals surface area contributed by atoms with Gasteiger partial charge in [0.25, 0.3) is 0 Å². The summed E-state index contributed by atoms with van der Waals surface area (Å²) in [5.41, 5.74) is 3.05. The van der Waals surface area contributed by atoms with E-state index in [-0.39, 0.29) is 0 Å². The average Bonchev–Trinajstić information content (AvgIpc) is 3.13. The summed E-state index contributed by atoms with van der Waals surface area (Å²) in [6.07, 6.45) is 3.91. The van der Waals surface area contributed by atoms with Gasteiger partial charge in [-0.3, -0.25) is 0 Å². The van der Waals surface area contributed by atoms with Crippen molar-refractivity contribution in [2.45, 2.75) is 32.2 Å². The van der Waals surface area contributed by atoms with Crippen LogP contribution in [-0.4, -0.2) is 44.2 Å². The molecule has 3 nitrogen and oxygen atoms in total. The molecule has 0 N–H and O–H groups in total. The first-order valence-electron chi connectivity index (χ1n) is 9.47. The van der Waals surface area contributed by atoms with Crippen LogP contribution < -0.4 is 9.64 Å². The predicted molar refractivity (Wildman–Crippen MR) is 106 cm³/mol. The molecule has 134 valence electrons. The number of methoxy groups -OCH3 is 1. The lowest BCUT2D eigenvalue weighted by molar-refractivity contribution is 0.219. The number of benzene rings is 2. The van der Waals surface area contributed by atoms with Gasteiger partial charge in [-0.25, -0.2) is 0 Å². The zero-order valence-electron chi connectivity index (χ0n) is 15.5. The molecule has 1 fully saturated rings. The fourth-order valence-electron chi connectivity index (χ4n) is 3.85. The number of rotatable bonds is 3. The molecule has 0 unspecified atom stereocenters.